The molecule has 1 atom stereocenters. The van der Waals surface area contributed by atoms with Crippen molar-refractivity contribution in [2.75, 3.05) is 6.54 Å². The Morgan fingerprint density at radius 2 is 2.32 bits per heavy atom. The van der Waals surface area contributed by atoms with Crippen LogP contribution in [0.15, 0.2) is 75.2 Å². The summed E-state index contributed by atoms with van der Waals surface area (Å²) in [5.41, 5.74) is 11.6. The molecule has 3 N–H and O–H groups in total. The predicted octanol–water partition coefficient (Wildman–Crippen LogP) is 2.75. The van der Waals surface area contributed by atoms with Crippen molar-refractivity contribution in [3.8, 4) is 0 Å². The number of hydrazine groups is 1. The van der Waals surface area contributed by atoms with Crippen LogP contribution in [0.25, 0.3) is 0 Å². The highest BCUT2D eigenvalue weighted by Crippen LogP contribution is 2.26. The lowest BCUT2D eigenvalue weighted by Crippen LogP contribution is -2.43. The molecule has 1 unspecified atom stereocenters. The Bertz CT molecular complexity index is 905. The first-order chi connectivity index (χ1) is 13.5. The number of carbonyl (C=O) groups is 1. The second-order valence-electron chi connectivity index (χ2n) is 7.34. The molecule has 146 valence electrons. The fraction of sp³-hybridized carbons (Fsp3) is 0.333. The van der Waals surface area contributed by atoms with Crippen LogP contribution in [0.3, 0.4) is 0 Å². The van der Waals surface area contributed by atoms with Gasteiger partial charge in [-0.15, -0.1) is 0 Å². The van der Waals surface area contributed by atoms with E-state index in [1.165, 1.54) is 5.57 Å². The first kappa shape index (κ1) is 18.3. The normalized spacial score (nSPS) is 21.1. The van der Waals surface area contributed by atoms with E-state index in [0.29, 0.717) is 29.4 Å². The number of nitrogens with zero attached hydrogens (tertiary/aromatic N) is 3. The van der Waals surface area contributed by atoms with Gasteiger partial charge < -0.3 is 15.1 Å². The van der Waals surface area contributed by atoms with Gasteiger partial charge in [0.05, 0.1) is 17.5 Å². The Morgan fingerprint density at radius 1 is 1.46 bits per heavy atom. The van der Waals surface area contributed by atoms with Gasteiger partial charge in [0.1, 0.15) is 5.76 Å². The van der Waals surface area contributed by atoms with Gasteiger partial charge in [0.2, 0.25) is 0 Å². The quantitative estimate of drug-likeness (QED) is 0.821. The average molecular weight is 379 g/mol. The molecule has 1 aliphatic carbocycles. The summed E-state index contributed by atoms with van der Waals surface area (Å²) in [6.07, 6.45) is 13.2. The first-order valence-electron chi connectivity index (χ1n) is 9.55. The molecule has 0 bridgehead atoms. The molecule has 0 radical (unpaired) electrons. The van der Waals surface area contributed by atoms with Gasteiger partial charge in [-0.3, -0.25) is 9.80 Å². The Kier molecular flexibility index (Phi) is 4.92. The van der Waals surface area contributed by atoms with Crippen molar-refractivity contribution in [2.45, 2.75) is 38.9 Å². The molecule has 0 spiro atoms. The minimum atomic E-state index is -0.360. The van der Waals surface area contributed by atoms with E-state index < -0.39 is 0 Å². The van der Waals surface area contributed by atoms with Gasteiger partial charge in [0.15, 0.2) is 12.0 Å². The topological polar surface area (TPSA) is 87.1 Å². The monoisotopic (exact) mass is 379 g/mol. The van der Waals surface area contributed by atoms with Crippen LogP contribution < -0.4 is 11.2 Å². The maximum absolute atomic E-state index is 13.3. The molecule has 1 aromatic heterocycles. The van der Waals surface area contributed by atoms with E-state index in [9.17, 15) is 4.79 Å². The molecule has 7 nitrogen and oxygen atoms in total. The molecule has 1 aromatic rings. The fourth-order valence-corrected chi connectivity index (χ4v) is 3.45. The van der Waals surface area contributed by atoms with E-state index in [4.69, 9.17) is 10.2 Å². The van der Waals surface area contributed by atoms with Gasteiger partial charge >= 0.3 is 0 Å². The maximum Gasteiger partial charge on any atom is 0.256 e. The molecule has 0 saturated heterocycles. The average Bonchev–Trinajstić information content (AvgIpc) is 3.35. The number of amidine groups is 1. The number of furan rings is 1. The summed E-state index contributed by atoms with van der Waals surface area (Å²) in [5.74, 6) is 1.22. The Hall–Kier alpha value is -3.06. The standard InChI is InChI=1S/C21H25N5O2/c1-14(2)25(12-15-7-4-3-5-8-15)21(27)16-11-17(22)20-23-19(24-26(20)13-16)18-9-6-10-28-18/h4,6-11,13-14,19,24H,3,5,12,22H2,1-2H3. The van der Waals surface area contributed by atoms with Crippen molar-refractivity contribution < 1.29 is 9.21 Å². The molecule has 4 rings (SSSR count). The van der Waals surface area contributed by atoms with Crippen molar-refractivity contribution in [3.05, 3.63) is 71.5 Å². The molecule has 7 heteroatoms. The minimum absolute atomic E-state index is 0.0554. The van der Waals surface area contributed by atoms with Gasteiger partial charge in [0, 0.05) is 18.8 Å². The number of hydrogen-bond donors (Lipinski definition) is 2. The Labute approximate surface area is 164 Å². The zero-order valence-electron chi connectivity index (χ0n) is 16.1. The van der Waals surface area contributed by atoms with E-state index >= 15 is 0 Å². The van der Waals surface area contributed by atoms with Gasteiger partial charge in [-0.05, 0) is 50.5 Å². The predicted molar refractivity (Wildman–Crippen MR) is 108 cm³/mol. The third-order valence-electron chi connectivity index (χ3n) is 4.95. The van der Waals surface area contributed by atoms with E-state index in [1.54, 1.807) is 23.5 Å². The number of amides is 1. The van der Waals surface area contributed by atoms with Crippen LogP contribution in [-0.2, 0) is 4.79 Å². The molecular formula is C21H25N5O2. The maximum atomic E-state index is 13.3. The number of aliphatic imine (C=N–C) groups is 1. The van der Waals surface area contributed by atoms with Crippen LogP contribution in [0.4, 0.5) is 0 Å². The molecule has 28 heavy (non-hydrogen) atoms. The molecule has 3 heterocycles. The number of hydrogen-bond acceptors (Lipinski definition) is 6. The van der Waals surface area contributed by atoms with Crippen molar-refractivity contribution >= 4 is 11.7 Å². The lowest BCUT2D eigenvalue weighted by atomic mass is 10.0. The van der Waals surface area contributed by atoms with E-state index in [-0.39, 0.29) is 18.1 Å². The van der Waals surface area contributed by atoms with E-state index in [2.05, 4.69) is 28.6 Å². The molecule has 1 amide bonds. The molecule has 0 saturated carbocycles. The number of fused-ring (bicyclic) bond motifs is 1. The molecule has 2 aliphatic heterocycles. The summed E-state index contributed by atoms with van der Waals surface area (Å²) in [6.45, 7) is 4.63. The third-order valence-corrected chi connectivity index (χ3v) is 4.95. The molecule has 0 aromatic carbocycles. The number of carbonyl (C=O) groups excluding carboxylic acids is 1. The highest BCUT2D eigenvalue weighted by molar-refractivity contribution is 6.06. The SMILES string of the molecule is CC(C)N(CC1=CCCC=C1)C(=O)C1=CN2NC(c3ccco3)N=C2C(N)=C1. The smallest absolute Gasteiger partial charge is 0.256 e. The first-order valence-corrected chi connectivity index (χ1v) is 9.55. The highest BCUT2D eigenvalue weighted by Gasteiger charge is 2.32. The van der Waals surface area contributed by atoms with Crippen LogP contribution >= 0.6 is 0 Å². The van der Waals surface area contributed by atoms with Crippen molar-refractivity contribution in [1.29, 1.82) is 0 Å². The fourth-order valence-electron chi connectivity index (χ4n) is 3.45. The lowest BCUT2D eigenvalue weighted by molar-refractivity contribution is -0.128. The summed E-state index contributed by atoms with van der Waals surface area (Å²) in [6, 6.07) is 3.73. The zero-order valence-corrected chi connectivity index (χ0v) is 16.1. The summed E-state index contributed by atoms with van der Waals surface area (Å²) < 4.78 is 5.42. The number of rotatable bonds is 5. The summed E-state index contributed by atoms with van der Waals surface area (Å²) in [5, 5.41) is 1.70. The zero-order chi connectivity index (χ0) is 19.7. The number of nitrogens with one attached hydrogen (secondary N) is 1. The van der Waals surface area contributed by atoms with Crippen molar-refractivity contribution in [2.24, 2.45) is 10.7 Å². The van der Waals surface area contributed by atoms with Gasteiger partial charge in [-0.2, -0.15) is 5.43 Å². The summed E-state index contributed by atoms with van der Waals surface area (Å²) in [7, 11) is 0. The summed E-state index contributed by atoms with van der Waals surface area (Å²) in [4.78, 5) is 19.7. The van der Waals surface area contributed by atoms with Crippen LogP contribution in [-0.4, -0.2) is 34.2 Å². The van der Waals surface area contributed by atoms with E-state index in [0.717, 1.165) is 12.8 Å². The number of allylic oxidation sites excluding steroid dienone is 2. The van der Waals surface area contributed by atoms with Crippen LogP contribution in [0, 0.1) is 0 Å². The van der Waals surface area contributed by atoms with Gasteiger partial charge in [-0.25, -0.2) is 4.99 Å². The van der Waals surface area contributed by atoms with Gasteiger partial charge in [-0.1, -0.05) is 18.2 Å². The lowest BCUT2D eigenvalue weighted by Gasteiger charge is -2.30. The van der Waals surface area contributed by atoms with Crippen molar-refractivity contribution in [3.63, 3.8) is 0 Å². The molecular weight excluding hydrogens is 354 g/mol. The van der Waals surface area contributed by atoms with E-state index in [1.807, 2.05) is 30.9 Å². The Balaban J connectivity index is 1.54. The minimum Gasteiger partial charge on any atom is -0.466 e. The van der Waals surface area contributed by atoms with Crippen LogP contribution in [0.1, 0.15) is 38.6 Å². The summed E-state index contributed by atoms with van der Waals surface area (Å²) >= 11 is 0. The largest absolute Gasteiger partial charge is 0.466 e. The van der Waals surface area contributed by atoms with Crippen LogP contribution in [0.2, 0.25) is 0 Å². The van der Waals surface area contributed by atoms with Crippen molar-refractivity contribution in [1.82, 2.24) is 15.3 Å². The molecule has 3 aliphatic rings. The van der Waals surface area contributed by atoms with Crippen LogP contribution in [0.5, 0.6) is 0 Å². The van der Waals surface area contributed by atoms with Gasteiger partial charge in [0.25, 0.3) is 5.91 Å². The molecule has 0 fully saturated rings. The highest BCUT2D eigenvalue weighted by atomic mass is 16.3. The third kappa shape index (κ3) is 3.53. The second-order valence-corrected chi connectivity index (χ2v) is 7.34. The number of nitrogens with two attached hydrogens (primary N) is 1. The Morgan fingerprint density at radius 3 is 3.00 bits per heavy atom. The second kappa shape index (κ2) is 7.52.